The third kappa shape index (κ3) is 3.04. The van der Waals surface area contributed by atoms with Gasteiger partial charge in [-0.05, 0) is 45.7 Å². The van der Waals surface area contributed by atoms with Crippen molar-refractivity contribution in [2.45, 2.75) is 44.4 Å². The van der Waals surface area contributed by atoms with Crippen molar-refractivity contribution in [3.8, 4) is 0 Å². The molecular weight excluding hydrogens is 404 g/mol. The van der Waals surface area contributed by atoms with Gasteiger partial charge in [0.25, 0.3) is 0 Å². The number of aliphatic hydroxyl groups excluding tert-OH is 1. The highest BCUT2D eigenvalue weighted by Crippen LogP contribution is 2.49. The fourth-order valence-corrected chi connectivity index (χ4v) is 6.66. The zero-order valence-electron chi connectivity index (χ0n) is 17.5. The van der Waals surface area contributed by atoms with Crippen molar-refractivity contribution >= 4 is 27.5 Å². The van der Waals surface area contributed by atoms with Crippen LogP contribution in [0.25, 0.3) is 0 Å². The fraction of sp³-hybridized carbons (Fsp3) is 0.545. The van der Waals surface area contributed by atoms with E-state index in [-0.39, 0.29) is 37.3 Å². The van der Waals surface area contributed by atoms with Crippen LogP contribution in [0.5, 0.6) is 0 Å². The lowest BCUT2D eigenvalue weighted by atomic mass is 9.73. The number of benzene rings is 1. The van der Waals surface area contributed by atoms with E-state index in [1.807, 2.05) is 12.1 Å². The monoisotopic (exact) mass is 432 g/mol. The summed E-state index contributed by atoms with van der Waals surface area (Å²) >= 11 is 0. The van der Waals surface area contributed by atoms with E-state index in [1.165, 1.54) is 9.21 Å². The largest absolute Gasteiger partial charge is 0.396 e. The highest BCUT2D eigenvalue weighted by molar-refractivity contribution is 7.90. The van der Waals surface area contributed by atoms with Gasteiger partial charge in [0, 0.05) is 25.1 Å². The van der Waals surface area contributed by atoms with E-state index >= 15 is 0 Å². The maximum Gasteiger partial charge on any atom is 0.238 e. The van der Waals surface area contributed by atoms with Crippen LogP contribution in [0.15, 0.2) is 42.0 Å². The smallest absolute Gasteiger partial charge is 0.238 e. The summed E-state index contributed by atoms with van der Waals surface area (Å²) < 4.78 is 27.0. The number of carbonyl (C=O) groups is 2. The van der Waals surface area contributed by atoms with Gasteiger partial charge in [0.15, 0.2) is 0 Å². The summed E-state index contributed by atoms with van der Waals surface area (Å²) in [7, 11) is -3.66. The van der Waals surface area contributed by atoms with E-state index in [0.717, 1.165) is 5.57 Å². The normalized spacial score (nSPS) is 29.7. The summed E-state index contributed by atoms with van der Waals surface area (Å²) in [6, 6.07) is 8.39. The number of para-hydroxylation sites is 1. The Hall–Kier alpha value is -2.03. The summed E-state index contributed by atoms with van der Waals surface area (Å²) in [4.78, 5) is 27.7. The van der Waals surface area contributed by atoms with E-state index in [2.05, 4.69) is 0 Å². The maximum atomic E-state index is 13.4. The van der Waals surface area contributed by atoms with Gasteiger partial charge in [-0.25, -0.2) is 8.42 Å². The molecule has 1 aromatic rings. The Balaban J connectivity index is 1.72. The molecule has 1 N–H and O–H groups in total. The molecule has 0 saturated carbocycles. The molecule has 7 nitrogen and oxygen atoms in total. The molecule has 4 rings (SSSR count). The van der Waals surface area contributed by atoms with Crippen molar-refractivity contribution in [3.05, 3.63) is 42.0 Å². The molecule has 0 unspecified atom stereocenters. The molecule has 8 heteroatoms. The van der Waals surface area contributed by atoms with Crippen LogP contribution in [-0.2, 0) is 19.6 Å². The van der Waals surface area contributed by atoms with Crippen LogP contribution in [0.2, 0.25) is 0 Å². The van der Waals surface area contributed by atoms with Crippen LogP contribution >= 0.6 is 0 Å². The topological polar surface area (TPSA) is 95.0 Å². The number of amides is 2. The van der Waals surface area contributed by atoms with E-state index in [4.69, 9.17) is 0 Å². The van der Waals surface area contributed by atoms with Crippen LogP contribution in [-0.4, -0.2) is 53.6 Å². The first kappa shape index (κ1) is 21.2. The first-order valence-corrected chi connectivity index (χ1v) is 11.8. The second-order valence-electron chi connectivity index (χ2n) is 9.24. The van der Waals surface area contributed by atoms with Crippen molar-refractivity contribution in [2.75, 3.05) is 18.1 Å². The molecule has 1 aliphatic carbocycles. The van der Waals surface area contributed by atoms with E-state index < -0.39 is 32.6 Å². The molecule has 2 saturated heterocycles. The van der Waals surface area contributed by atoms with Crippen LogP contribution in [0.4, 0.5) is 5.69 Å². The molecule has 4 atom stereocenters. The summed E-state index contributed by atoms with van der Waals surface area (Å²) in [5.41, 5.74) is 1.42. The minimum absolute atomic E-state index is 0.151. The van der Waals surface area contributed by atoms with Crippen LogP contribution < -0.4 is 4.90 Å². The van der Waals surface area contributed by atoms with Gasteiger partial charge in [-0.1, -0.05) is 29.8 Å². The van der Waals surface area contributed by atoms with Crippen molar-refractivity contribution in [1.82, 2.24) is 4.31 Å². The van der Waals surface area contributed by atoms with E-state index in [9.17, 15) is 23.1 Å². The highest BCUT2D eigenvalue weighted by atomic mass is 32.2. The molecule has 0 bridgehead atoms. The molecule has 3 aliphatic rings. The predicted octanol–water partition coefficient (Wildman–Crippen LogP) is 1.93. The number of allylic oxidation sites excluding steroid dienone is 1. The molecule has 2 fully saturated rings. The fourth-order valence-electron chi connectivity index (χ4n) is 5.04. The Kier molecular flexibility index (Phi) is 5.15. The van der Waals surface area contributed by atoms with Gasteiger partial charge in [-0.15, -0.1) is 0 Å². The number of imide groups is 1. The molecule has 162 valence electrons. The van der Waals surface area contributed by atoms with Gasteiger partial charge >= 0.3 is 0 Å². The zero-order chi connectivity index (χ0) is 21.8. The van der Waals surface area contributed by atoms with Crippen LogP contribution in [0.1, 0.15) is 33.6 Å². The average Bonchev–Trinajstić information content (AvgIpc) is 3.18. The maximum absolute atomic E-state index is 13.4. The Labute approximate surface area is 177 Å². The van der Waals surface area contributed by atoms with Gasteiger partial charge < -0.3 is 5.11 Å². The number of anilines is 1. The zero-order valence-corrected chi connectivity index (χ0v) is 18.3. The molecule has 30 heavy (non-hydrogen) atoms. The SMILES string of the molecule is CC(C)(C)S(=O)(=O)N1C[C@H]2C(=CC[C@@H]3C(=O)N(c4ccccc4)C(=O)[C@@H]32)[C@H]1CCO. The molecule has 2 heterocycles. The first-order valence-electron chi connectivity index (χ1n) is 10.3. The quantitative estimate of drug-likeness (QED) is 0.580. The molecule has 2 aliphatic heterocycles. The first-order chi connectivity index (χ1) is 14.1. The predicted molar refractivity (Wildman–Crippen MR) is 113 cm³/mol. The van der Waals surface area contributed by atoms with Gasteiger partial charge in [0.2, 0.25) is 21.8 Å². The van der Waals surface area contributed by atoms with Crippen molar-refractivity contribution in [1.29, 1.82) is 0 Å². The molecule has 1 aromatic carbocycles. The number of carbonyl (C=O) groups excluding carboxylic acids is 2. The number of rotatable bonds is 4. The van der Waals surface area contributed by atoms with Gasteiger partial charge in [0.1, 0.15) is 0 Å². The minimum Gasteiger partial charge on any atom is -0.396 e. The Morgan fingerprint density at radius 2 is 1.73 bits per heavy atom. The van der Waals surface area contributed by atoms with Gasteiger partial charge in [0.05, 0.1) is 22.3 Å². The molecular formula is C22H28N2O5S. The number of hydrogen-bond donors (Lipinski definition) is 1. The summed E-state index contributed by atoms with van der Waals surface area (Å²) in [6.45, 7) is 4.97. The molecule has 2 amide bonds. The van der Waals surface area contributed by atoms with Gasteiger partial charge in [-0.3, -0.25) is 14.5 Å². The summed E-state index contributed by atoms with van der Waals surface area (Å²) in [5, 5.41) is 9.60. The Morgan fingerprint density at radius 3 is 2.33 bits per heavy atom. The van der Waals surface area contributed by atoms with Crippen LogP contribution in [0, 0.1) is 17.8 Å². The number of nitrogens with zero attached hydrogens (tertiary/aromatic N) is 2. The summed E-state index contributed by atoms with van der Waals surface area (Å²) in [6.07, 6.45) is 2.62. The molecule has 0 aromatic heterocycles. The second kappa shape index (κ2) is 7.28. The highest BCUT2D eigenvalue weighted by Gasteiger charge is 2.58. The minimum atomic E-state index is -3.66. The van der Waals surface area contributed by atoms with Gasteiger partial charge in [-0.2, -0.15) is 4.31 Å². The van der Waals surface area contributed by atoms with E-state index in [0.29, 0.717) is 12.1 Å². The average molecular weight is 433 g/mol. The lowest BCUT2D eigenvalue weighted by molar-refractivity contribution is -0.122. The number of sulfonamides is 1. The number of hydrogen-bond acceptors (Lipinski definition) is 5. The molecule has 0 spiro atoms. The Bertz CT molecular complexity index is 996. The van der Waals surface area contributed by atoms with E-state index in [1.54, 1.807) is 45.0 Å². The third-order valence-corrected chi connectivity index (χ3v) is 9.12. The molecule has 0 radical (unpaired) electrons. The van der Waals surface area contributed by atoms with Crippen LogP contribution in [0.3, 0.4) is 0 Å². The number of aliphatic hydroxyl groups is 1. The third-order valence-electron chi connectivity index (χ3n) is 6.55. The summed E-state index contributed by atoms with van der Waals surface area (Å²) in [5.74, 6) is -1.87. The van der Waals surface area contributed by atoms with Crippen molar-refractivity contribution in [3.63, 3.8) is 0 Å². The lowest BCUT2D eigenvalue weighted by Gasteiger charge is -2.31. The lowest BCUT2D eigenvalue weighted by Crippen LogP contribution is -2.46. The Morgan fingerprint density at radius 1 is 1.07 bits per heavy atom. The van der Waals surface area contributed by atoms with Crippen molar-refractivity contribution in [2.24, 2.45) is 17.8 Å². The standard InChI is InChI=1S/C22H28N2O5S/c1-22(2,3)30(28,29)23-13-17-15(18(23)11-12-25)9-10-16-19(17)21(27)24(20(16)26)14-7-5-4-6-8-14/h4-9,16-19,25H,10-13H2,1-3H3/t16-,17-,18+,19-/m0/s1. The van der Waals surface area contributed by atoms with Crippen molar-refractivity contribution < 1.29 is 23.1 Å². The second-order valence-corrected chi connectivity index (χ2v) is 11.9. The number of fused-ring (bicyclic) bond motifs is 3.